The molecule has 1 heterocycles. The lowest BCUT2D eigenvalue weighted by molar-refractivity contribution is 0.360. The molecule has 0 radical (unpaired) electrons. The normalized spacial score (nSPS) is 17.9. The van der Waals surface area contributed by atoms with Gasteiger partial charge in [-0.3, -0.25) is 0 Å². The largest absolute Gasteiger partial charge is 0.314 e. The number of sulfonamides is 1. The summed E-state index contributed by atoms with van der Waals surface area (Å²) in [4.78, 5) is 0.0855. The summed E-state index contributed by atoms with van der Waals surface area (Å²) in [6.45, 7) is 2.18. The van der Waals surface area contributed by atoms with Crippen LogP contribution < -0.4 is 5.32 Å². The molecule has 1 aromatic rings. The van der Waals surface area contributed by atoms with E-state index in [0.29, 0.717) is 35.7 Å². The zero-order valence-corrected chi connectivity index (χ0v) is 13.2. The lowest BCUT2D eigenvalue weighted by Crippen LogP contribution is -2.46. The van der Waals surface area contributed by atoms with E-state index in [1.54, 1.807) is 0 Å². The number of rotatable bonds is 2. The van der Waals surface area contributed by atoms with Crippen LogP contribution in [0.1, 0.15) is 0 Å². The third-order valence-electron chi connectivity index (χ3n) is 2.67. The Hall–Kier alpha value is 0.150. The Morgan fingerprint density at radius 3 is 2.39 bits per heavy atom. The number of benzene rings is 1. The molecule has 0 saturated carbocycles. The van der Waals surface area contributed by atoms with E-state index in [9.17, 15) is 8.42 Å². The molecule has 1 N–H and O–H groups in total. The molecular weight excluding hydrogens is 363 g/mol. The van der Waals surface area contributed by atoms with Gasteiger partial charge in [-0.15, -0.1) is 0 Å². The molecule has 0 aromatic heterocycles. The minimum atomic E-state index is -3.56. The topological polar surface area (TPSA) is 49.4 Å². The van der Waals surface area contributed by atoms with Crippen LogP contribution in [0.2, 0.25) is 10.0 Å². The van der Waals surface area contributed by atoms with Crippen molar-refractivity contribution in [2.45, 2.75) is 4.90 Å². The highest BCUT2D eigenvalue weighted by Gasteiger charge is 2.28. The summed E-state index contributed by atoms with van der Waals surface area (Å²) >= 11 is 15.1. The molecule has 1 aromatic carbocycles. The van der Waals surface area contributed by atoms with Crippen LogP contribution >= 0.6 is 39.1 Å². The highest BCUT2D eigenvalue weighted by Crippen LogP contribution is 2.33. The molecule has 2 rings (SSSR count). The van der Waals surface area contributed by atoms with Gasteiger partial charge in [0.2, 0.25) is 10.0 Å². The monoisotopic (exact) mass is 372 g/mol. The van der Waals surface area contributed by atoms with E-state index in [2.05, 4.69) is 21.2 Å². The van der Waals surface area contributed by atoms with Gasteiger partial charge in [-0.05, 0) is 28.1 Å². The summed E-state index contributed by atoms with van der Waals surface area (Å²) in [5.41, 5.74) is 0. The average molecular weight is 374 g/mol. The van der Waals surface area contributed by atoms with Crippen LogP contribution in [0.4, 0.5) is 0 Å². The van der Waals surface area contributed by atoms with E-state index in [0.717, 1.165) is 0 Å². The van der Waals surface area contributed by atoms with Crippen LogP contribution in [0.5, 0.6) is 0 Å². The lowest BCUT2D eigenvalue weighted by atomic mass is 10.4. The summed E-state index contributed by atoms with van der Waals surface area (Å²) in [6.07, 6.45) is 0. The van der Waals surface area contributed by atoms with Gasteiger partial charge in [-0.2, -0.15) is 4.31 Å². The summed E-state index contributed by atoms with van der Waals surface area (Å²) < 4.78 is 26.8. The predicted molar refractivity (Wildman–Crippen MR) is 75.8 cm³/mol. The van der Waals surface area contributed by atoms with Gasteiger partial charge in [0.15, 0.2) is 0 Å². The number of nitrogens with one attached hydrogen (secondary N) is 1. The zero-order chi connectivity index (χ0) is 13.3. The van der Waals surface area contributed by atoms with Crippen molar-refractivity contribution < 1.29 is 8.42 Å². The van der Waals surface area contributed by atoms with Crippen LogP contribution in [0, 0.1) is 0 Å². The van der Waals surface area contributed by atoms with Gasteiger partial charge in [0, 0.05) is 30.7 Å². The van der Waals surface area contributed by atoms with Gasteiger partial charge in [0.05, 0.1) is 10.0 Å². The van der Waals surface area contributed by atoms with Gasteiger partial charge in [0.1, 0.15) is 4.90 Å². The van der Waals surface area contributed by atoms with Gasteiger partial charge in [-0.1, -0.05) is 23.2 Å². The molecule has 0 bridgehead atoms. The summed E-state index contributed by atoms with van der Waals surface area (Å²) in [7, 11) is -3.56. The predicted octanol–water partition coefficient (Wildman–Crippen LogP) is 2.35. The first-order valence-corrected chi connectivity index (χ1v) is 8.27. The molecule has 18 heavy (non-hydrogen) atoms. The Morgan fingerprint density at radius 1 is 1.17 bits per heavy atom. The fraction of sp³-hybridized carbons (Fsp3) is 0.400. The first-order valence-electron chi connectivity index (χ1n) is 5.28. The highest BCUT2D eigenvalue weighted by atomic mass is 79.9. The molecule has 1 saturated heterocycles. The second-order valence-corrected chi connectivity index (χ2v) is 7.43. The number of halogens is 3. The summed E-state index contributed by atoms with van der Waals surface area (Å²) in [6, 6.07) is 2.88. The van der Waals surface area contributed by atoms with E-state index < -0.39 is 10.0 Å². The third kappa shape index (κ3) is 2.84. The molecule has 0 spiro atoms. The van der Waals surface area contributed by atoms with Crippen molar-refractivity contribution in [1.82, 2.24) is 9.62 Å². The van der Waals surface area contributed by atoms with Crippen molar-refractivity contribution in [3.05, 3.63) is 26.7 Å². The number of hydrogen-bond donors (Lipinski definition) is 1. The Bertz CT molecular complexity index is 559. The quantitative estimate of drug-likeness (QED) is 0.809. The second-order valence-electron chi connectivity index (χ2n) is 3.85. The van der Waals surface area contributed by atoms with Crippen molar-refractivity contribution in [3.63, 3.8) is 0 Å². The molecule has 1 fully saturated rings. The standard InChI is InChI=1S/C10H11BrCl2N2O2S/c11-7-5-10(9(13)6-8(7)12)18(16,17)15-3-1-14-2-4-15/h5-6,14H,1-4H2. The Balaban J connectivity index is 2.43. The number of hydrogen-bond acceptors (Lipinski definition) is 3. The van der Waals surface area contributed by atoms with Crippen LogP contribution in [0.3, 0.4) is 0 Å². The molecule has 100 valence electrons. The van der Waals surface area contributed by atoms with E-state index in [1.807, 2.05) is 0 Å². The van der Waals surface area contributed by atoms with Gasteiger partial charge in [-0.25, -0.2) is 8.42 Å². The zero-order valence-electron chi connectivity index (χ0n) is 9.29. The number of nitrogens with zero attached hydrogens (tertiary/aromatic N) is 1. The van der Waals surface area contributed by atoms with Crippen LogP contribution in [0.15, 0.2) is 21.5 Å². The molecule has 0 unspecified atom stereocenters. The molecule has 0 atom stereocenters. The van der Waals surface area contributed by atoms with Crippen LogP contribution in [0.25, 0.3) is 0 Å². The van der Waals surface area contributed by atoms with Gasteiger partial charge >= 0.3 is 0 Å². The minimum absolute atomic E-state index is 0.0855. The molecule has 8 heteroatoms. The summed E-state index contributed by atoms with van der Waals surface area (Å²) in [5.74, 6) is 0. The van der Waals surface area contributed by atoms with Crippen LogP contribution in [-0.4, -0.2) is 38.9 Å². The van der Waals surface area contributed by atoms with Gasteiger partial charge < -0.3 is 5.32 Å². The van der Waals surface area contributed by atoms with Crippen molar-refractivity contribution in [2.75, 3.05) is 26.2 Å². The molecule has 4 nitrogen and oxygen atoms in total. The van der Waals surface area contributed by atoms with Crippen molar-refractivity contribution in [3.8, 4) is 0 Å². The first-order chi connectivity index (χ1) is 8.43. The minimum Gasteiger partial charge on any atom is -0.314 e. The Labute approximate surface area is 124 Å². The number of piperazine rings is 1. The second kappa shape index (κ2) is 5.64. The first kappa shape index (κ1) is 14.6. The Kier molecular flexibility index (Phi) is 4.57. The van der Waals surface area contributed by atoms with Gasteiger partial charge in [0.25, 0.3) is 0 Å². The van der Waals surface area contributed by atoms with E-state index in [1.165, 1.54) is 16.4 Å². The van der Waals surface area contributed by atoms with Crippen LogP contribution in [-0.2, 0) is 10.0 Å². The molecular formula is C10H11BrCl2N2O2S. The SMILES string of the molecule is O=S(=O)(c1cc(Br)c(Cl)cc1Cl)N1CCNCC1. The molecule has 0 amide bonds. The molecule has 1 aliphatic rings. The molecule has 0 aliphatic carbocycles. The highest BCUT2D eigenvalue weighted by molar-refractivity contribution is 9.10. The summed E-state index contributed by atoms with van der Waals surface area (Å²) in [5, 5.41) is 3.63. The van der Waals surface area contributed by atoms with E-state index >= 15 is 0 Å². The molecule has 1 aliphatic heterocycles. The average Bonchev–Trinajstić information content (AvgIpc) is 2.34. The van der Waals surface area contributed by atoms with E-state index in [-0.39, 0.29) is 9.92 Å². The maximum atomic E-state index is 12.4. The lowest BCUT2D eigenvalue weighted by Gasteiger charge is -2.27. The smallest absolute Gasteiger partial charge is 0.244 e. The maximum absolute atomic E-state index is 12.4. The third-order valence-corrected chi connectivity index (χ3v) is 6.23. The van der Waals surface area contributed by atoms with Crippen molar-refractivity contribution >= 4 is 49.2 Å². The fourth-order valence-electron chi connectivity index (χ4n) is 1.73. The van der Waals surface area contributed by atoms with Crippen molar-refractivity contribution in [2.24, 2.45) is 0 Å². The Morgan fingerprint density at radius 2 is 1.78 bits per heavy atom. The van der Waals surface area contributed by atoms with E-state index in [4.69, 9.17) is 23.2 Å². The fourth-order valence-corrected chi connectivity index (χ4v) is 4.41. The van der Waals surface area contributed by atoms with Crippen molar-refractivity contribution in [1.29, 1.82) is 0 Å². The maximum Gasteiger partial charge on any atom is 0.244 e.